The quantitative estimate of drug-likeness (QED) is 0.456. The van der Waals surface area contributed by atoms with Crippen molar-refractivity contribution in [2.75, 3.05) is 32.7 Å². The van der Waals surface area contributed by atoms with Crippen molar-refractivity contribution in [2.24, 2.45) is 0 Å². The first kappa shape index (κ1) is 27.3. The number of amides is 1. The molecule has 2 heterocycles. The molecule has 0 radical (unpaired) electrons. The van der Waals surface area contributed by atoms with Gasteiger partial charge in [0.2, 0.25) is 0 Å². The number of furan rings is 1. The molecule has 1 aliphatic heterocycles. The first-order valence-corrected chi connectivity index (χ1v) is 10.3. The fraction of sp³-hybridized carbons (Fsp3) is 0.250. The van der Waals surface area contributed by atoms with Crippen LogP contribution in [0.25, 0.3) is 0 Å². The number of nitrogens with zero attached hydrogens (tertiary/aromatic N) is 2. The average Bonchev–Trinajstić information content (AvgIpc) is 3.23. The fourth-order valence-electron chi connectivity index (χ4n) is 3.55. The number of hydrogen-bond donors (Lipinski definition) is 0. The number of halogens is 4. The molecule has 0 N–H and O–H groups in total. The van der Waals surface area contributed by atoms with Gasteiger partial charge in [0.05, 0.1) is 13.0 Å². The van der Waals surface area contributed by atoms with Crippen LogP contribution in [0.1, 0.15) is 16.1 Å². The van der Waals surface area contributed by atoms with E-state index in [9.17, 15) is 18.4 Å². The lowest BCUT2D eigenvalue weighted by Gasteiger charge is -2.34. The van der Waals surface area contributed by atoms with E-state index in [-0.39, 0.29) is 61.2 Å². The SMILES string of the molecule is Cl.Cl.O=C(Cc1ccc(Oc2ccc(F)cc2F)o1)CN1CCN(C(=O)c2ccccc2)CC1. The van der Waals surface area contributed by atoms with E-state index in [1.54, 1.807) is 23.1 Å². The van der Waals surface area contributed by atoms with Gasteiger partial charge in [0, 0.05) is 43.9 Å². The molecule has 1 aromatic heterocycles. The standard InChI is InChI=1S/C24H22F2N2O4.2ClH/c25-18-6-8-22(21(26)14-18)32-23-9-7-20(31-23)15-19(29)16-27-10-12-28(13-11-27)24(30)17-4-2-1-3-5-17;;/h1-9,14H,10-13,15-16H2;2*1H. The van der Waals surface area contributed by atoms with Gasteiger partial charge < -0.3 is 14.1 Å². The van der Waals surface area contributed by atoms with Crippen LogP contribution < -0.4 is 4.74 Å². The number of piperazine rings is 1. The largest absolute Gasteiger partial charge is 0.430 e. The summed E-state index contributed by atoms with van der Waals surface area (Å²) in [7, 11) is 0. The van der Waals surface area contributed by atoms with E-state index in [2.05, 4.69) is 0 Å². The monoisotopic (exact) mass is 512 g/mol. The number of hydrogen-bond acceptors (Lipinski definition) is 5. The summed E-state index contributed by atoms with van der Waals surface area (Å²) in [6.07, 6.45) is 0.0679. The van der Waals surface area contributed by atoms with Crippen molar-refractivity contribution in [3.8, 4) is 11.7 Å². The zero-order chi connectivity index (χ0) is 22.5. The Labute approximate surface area is 208 Å². The van der Waals surface area contributed by atoms with Gasteiger partial charge in [-0.05, 0) is 30.3 Å². The lowest BCUT2D eigenvalue weighted by molar-refractivity contribution is -0.120. The molecule has 10 heteroatoms. The average molecular weight is 513 g/mol. The first-order chi connectivity index (χ1) is 15.5. The van der Waals surface area contributed by atoms with Gasteiger partial charge in [-0.15, -0.1) is 24.8 Å². The second-order valence-corrected chi connectivity index (χ2v) is 7.55. The molecule has 2 aromatic carbocycles. The highest BCUT2D eigenvalue weighted by atomic mass is 35.5. The summed E-state index contributed by atoms with van der Waals surface area (Å²) in [4.78, 5) is 28.8. The Balaban J connectivity index is 0.00000204. The van der Waals surface area contributed by atoms with E-state index < -0.39 is 11.6 Å². The van der Waals surface area contributed by atoms with Gasteiger partial charge in [0.25, 0.3) is 11.9 Å². The smallest absolute Gasteiger partial charge is 0.290 e. The van der Waals surface area contributed by atoms with Gasteiger partial charge in [0.15, 0.2) is 17.3 Å². The zero-order valence-electron chi connectivity index (χ0n) is 18.1. The maximum Gasteiger partial charge on any atom is 0.290 e. The third kappa shape index (κ3) is 7.03. The Bertz CT molecular complexity index is 1100. The summed E-state index contributed by atoms with van der Waals surface area (Å²) in [5, 5.41) is 0. The molecule has 1 amide bonds. The molecule has 0 unspecified atom stereocenters. The lowest BCUT2D eigenvalue weighted by Crippen LogP contribution is -2.50. The summed E-state index contributed by atoms with van der Waals surface area (Å²) in [5.41, 5.74) is 0.661. The number of rotatable bonds is 7. The summed E-state index contributed by atoms with van der Waals surface area (Å²) < 4.78 is 37.4. The van der Waals surface area contributed by atoms with Crippen molar-refractivity contribution in [1.29, 1.82) is 0 Å². The van der Waals surface area contributed by atoms with Crippen molar-refractivity contribution in [3.05, 3.63) is 83.6 Å². The molecule has 6 nitrogen and oxygen atoms in total. The Morgan fingerprint density at radius 2 is 1.62 bits per heavy atom. The Morgan fingerprint density at radius 3 is 2.29 bits per heavy atom. The van der Waals surface area contributed by atoms with Gasteiger partial charge in [-0.3, -0.25) is 14.5 Å². The molecule has 4 rings (SSSR count). The number of carbonyl (C=O) groups excluding carboxylic acids is 2. The summed E-state index contributed by atoms with van der Waals surface area (Å²) in [5.74, 6) is -1.34. The third-order valence-corrected chi connectivity index (χ3v) is 5.19. The van der Waals surface area contributed by atoms with Gasteiger partial charge >= 0.3 is 0 Å². The van der Waals surface area contributed by atoms with Crippen LogP contribution in [0.15, 0.2) is 65.1 Å². The highest BCUT2D eigenvalue weighted by Crippen LogP contribution is 2.27. The molecule has 1 fully saturated rings. The van der Waals surface area contributed by atoms with Crippen LogP contribution in [0, 0.1) is 11.6 Å². The second kappa shape index (κ2) is 12.5. The maximum absolute atomic E-state index is 13.7. The van der Waals surface area contributed by atoms with E-state index in [0.29, 0.717) is 37.5 Å². The predicted molar refractivity (Wildman–Crippen MR) is 127 cm³/mol. The lowest BCUT2D eigenvalue weighted by atomic mass is 10.1. The number of carbonyl (C=O) groups is 2. The van der Waals surface area contributed by atoms with Crippen molar-refractivity contribution in [3.63, 3.8) is 0 Å². The van der Waals surface area contributed by atoms with Gasteiger partial charge in [-0.1, -0.05) is 18.2 Å². The van der Waals surface area contributed by atoms with Gasteiger partial charge in [-0.25, -0.2) is 8.78 Å². The predicted octanol–water partition coefficient (Wildman–Crippen LogP) is 4.76. The highest BCUT2D eigenvalue weighted by Gasteiger charge is 2.23. The third-order valence-electron chi connectivity index (χ3n) is 5.19. The van der Waals surface area contributed by atoms with Crippen LogP contribution in [0.2, 0.25) is 0 Å². The summed E-state index contributed by atoms with van der Waals surface area (Å²) in [6.45, 7) is 2.59. The van der Waals surface area contributed by atoms with E-state index >= 15 is 0 Å². The van der Waals surface area contributed by atoms with Crippen molar-refractivity contribution in [2.45, 2.75) is 6.42 Å². The molecule has 0 bridgehead atoms. The minimum absolute atomic E-state index is 0. The van der Waals surface area contributed by atoms with Crippen LogP contribution in [0.5, 0.6) is 11.7 Å². The van der Waals surface area contributed by atoms with E-state index in [1.807, 2.05) is 23.1 Å². The molecule has 0 aliphatic carbocycles. The molecule has 0 spiro atoms. The van der Waals surface area contributed by atoms with Crippen LogP contribution in [-0.4, -0.2) is 54.2 Å². The van der Waals surface area contributed by atoms with E-state index in [1.165, 1.54) is 12.1 Å². The molecule has 182 valence electrons. The van der Waals surface area contributed by atoms with E-state index in [4.69, 9.17) is 9.15 Å². The fourth-order valence-corrected chi connectivity index (χ4v) is 3.55. The van der Waals surface area contributed by atoms with Crippen LogP contribution in [0.4, 0.5) is 8.78 Å². The van der Waals surface area contributed by atoms with Crippen LogP contribution >= 0.6 is 24.8 Å². The van der Waals surface area contributed by atoms with Crippen LogP contribution in [0.3, 0.4) is 0 Å². The topological polar surface area (TPSA) is 63.0 Å². The van der Waals surface area contributed by atoms with Crippen molar-refractivity contribution in [1.82, 2.24) is 9.80 Å². The minimum atomic E-state index is -0.844. The van der Waals surface area contributed by atoms with Crippen molar-refractivity contribution < 1.29 is 27.5 Å². The normalized spacial score (nSPS) is 13.5. The molecule has 34 heavy (non-hydrogen) atoms. The first-order valence-electron chi connectivity index (χ1n) is 10.3. The van der Waals surface area contributed by atoms with Crippen LogP contribution in [-0.2, 0) is 11.2 Å². The number of ketones is 1. The zero-order valence-corrected chi connectivity index (χ0v) is 19.7. The van der Waals surface area contributed by atoms with Crippen molar-refractivity contribution >= 4 is 36.5 Å². The highest BCUT2D eigenvalue weighted by molar-refractivity contribution is 5.94. The number of benzene rings is 2. The molecule has 0 atom stereocenters. The molecule has 1 aliphatic rings. The molecular formula is C24H24Cl2F2N2O4. The molecule has 3 aromatic rings. The maximum atomic E-state index is 13.7. The Hall–Kier alpha value is -2.94. The van der Waals surface area contributed by atoms with Gasteiger partial charge in [0.1, 0.15) is 11.6 Å². The molecule has 1 saturated heterocycles. The minimum Gasteiger partial charge on any atom is -0.430 e. The Kier molecular flexibility index (Phi) is 10.0. The molecule has 0 saturated carbocycles. The molecular weight excluding hydrogens is 489 g/mol. The van der Waals surface area contributed by atoms with E-state index in [0.717, 1.165) is 12.1 Å². The number of Topliss-reactive ketones (excluding diaryl/α,β-unsaturated/α-hetero) is 1. The number of ether oxygens (including phenoxy) is 1. The summed E-state index contributed by atoms with van der Waals surface area (Å²) in [6, 6.07) is 15.2. The Morgan fingerprint density at radius 1 is 0.912 bits per heavy atom. The second-order valence-electron chi connectivity index (χ2n) is 7.55. The van der Waals surface area contributed by atoms with Gasteiger partial charge in [-0.2, -0.15) is 0 Å². The summed E-state index contributed by atoms with van der Waals surface area (Å²) >= 11 is 0.